The van der Waals surface area contributed by atoms with E-state index in [-0.39, 0.29) is 23.5 Å². The third-order valence-electron chi connectivity index (χ3n) is 4.57. The van der Waals surface area contributed by atoms with Crippen LogP contribution >= 0.6 is 11.3 Å². The van der Waals surface area contributed by atoms with Crippen molar-refractivity contribution in [1.82, 2.24) is 5.32 Å². The molecule has 3 rings (SSSR count). The lowest BCUT2D eigenvalue weighted by Crippen LogP contribution is -2.34. The second kappa shape index (κ2) is 7.70. The highest BCUT2D eigenvalue weighted by atomic mass is 32.2. The van der Waals surface area contributed by atoms with Crippen molar-refractivity contribution >= 4 is 27.1 Å². The Balaban J connectivity index is 1.80. The van der Waals surface area contributed by atoms with Crippen LogP contribution in [0.15, 0.2) is 41.8 Å². The third-order valence-corrected chi connectivity index (χ3v) is 7.27. The number of hydrogen-bond donors (Lipinski definition) is 1. The summed E-state index contributed by atoms with van der Waals surface area (Å²) in [6, 6.07) is 12.1. The van der Waals surface area contributed by atoms with Crippen molar-refractivity contribution in [2.24, 2.45) is 5.92 Å². The summed E-state index contributed by atoms with van der Waals surface area (Å²) in [4.78, 5) is 13.7. The fourth-order valence-corrected chi connectivity index (χ4v) is 5.75. The van der Waals surface area contributed by atoms with E-state index in [4.69, 9.17) is 0 Å². The first kappa shape index (κ1) is 18.1. The van der Waals surface area contributed by atoms with Gasteiger partial charge in [0.05, 0.1) is 23.5 Å². The SMILES string of the molecule is CCCc1ccc([C@H](NC(=O)[C@@H]2CCS(=O)(=O)C2)c2cccs2)cc1. The number of thiophene rings is 1. The first-order valence-corrected chi connectivity index (χ1v) is 11.3. The van der Waals surface area contributed by atoms with Crippen molar-refractivity contribution in [3.8, 4) is 0 Å². The molecule has 4 nitrogen and oxygen atoms in total. The maximum Gasteiger partial charge on any atom is 0.224 e. The van der Waals surface area contributed by atoms with E-state index in [0.29, 0.717) is 6.42 Å². The van der Waals surface area contributed by atoms with Crippen molar-refractivity contribution in [3.05, 3.63) is 57.8 Å². The Morgan fingerprint density at radius 3 is 2.60 bits per heavy atom. The molecule has 2 atom stereocenters. The highest BCUT2D eigenvalue weighted by Crippen LogP contribution is 2.28. The molecule has 1 N–H and O–H groups in total. The predicted molar refractivity (Wildman–Crippen MR) is 102 cm³/mol. The van der Waals surface area contributed by atoms with E-state index in [1.54, 1.807) is 11.3 Å². The number of sulfone groups is 1. The predicted octanol–water partition coefficient (Wildman–Crippen LogP) is 3.34. The Morgan fingerprint density at radius 1 is 1.28 bits per heavy atom. The van der Waals surface area contributed by atoms with E-state index in [0.717, 1.165) is 23.3 Å². The van der Waals surface area contributed by atoms with Crippen LogP contribution in [-0.2, 0) is 21.1 Å². The molecule has 0 unspecified atom stereocenters. The summed E-state index contributed by atoms with van der Waals surface area (Å²) < 4.78 is 23.3. The van der Waals surface area contributed by atoms with Crippen LogP contribution in [0.2, 0.25) is 0 Å². The molecule has 0 radical (unpaired) electrons. The van der Waals surface area contributed by atoms with Crippen LogP contribution in [0.1, 0.15) is 41.8 Å². The van der Waals surface area contributed by atoms with Crippen molar-refractivity contribution in [3.63, 3.8) is 0 Å². The van der Waals surface area contributed by atoms with Crippen molar-refractivity contribution in [1.29, 1.82) is 0 Å². The summed E-state index contributed by atoms with van der Waals surface area (Å²) in [5.74, 6) is -0.532. The summed E-state index contributed by atoms with van der Waals surface area (Å²) in [5, 5.41) is 5.06. The standard InChI is InChI=1S/C19H23NO3S2/c1-2-4-14-6-8-15(9-7-14)18(17-5-3-11-24-17)20-19(21)16-10-12-25(22,23)13-16/h3,5-9,11,16,18H,2,4,10,12-13H2,1H3,(H,20,21)/t16-,18+/m1/s1. The Labute approximate surface area is 153 Å². The van der Waals surface area contributed by atoms with E-state index >= 15 is 0 Å². The fraction of sp³-hybridized carbons (Fsp3) is 0.421. The number of hydrogen-bond acceptors (Lipinski definition) is 4. The molecule has 25 heavy (non-hydrogen) atoms. The number of nitrogens with one attached hydrogen (secondary N) is 1. The van der Waals surface area contributed by atoms with Crippen LogP contribution in [0.4, 0.5) is 0 Å². The second-order valence-corrected chi connectivity index (χ2v) is 9.76. The number of carbonyl (C=O) groups is 1. The van der Waals surface area contributed by atoms with Gasteiger partial charge in [-0.25, -0.2) is 8.42 Å². The first-order chi connectivity index (χ1) is 12.0. The van der Waals surface area contributed by atoms with Crippen molar-refractivity contribution in [2.75, 3.05) is 11.5 Å². The van der Waals surface area contributed by atoms with Crippen LogP contribution in [0.3, 0.4) is 0 Å². The zero-order valence-electron chi connectivity index (χ0n) is 14.3. The minimum absolute atomic E-state index is 0.0363. The van der Waals surface area contributed by atoms with Gasteiger partial charge in [0.25, 0.3) is 0 Å². The second-order valence-electron chi connectivity index (χ2n) is 6.55. The molecule has 6 heteroatoms. The molecule has 1 saturated heterocycles. The van der Waals surface area contributed by atoms with Gasteiger partial charge in [-0.2, -0.15) is 0 Å². The summed E-state index contributed by atoms with van der Waals surface area (Å²) in [6.45, 7) is 2.15. The zero-order chi connectivity index (χ0) is 17.9. The van der Waals surface area contributed by atoms with E-state index in [1.807, 2.05) is 17.5 Å². The normalized spacial score (nSPS) is 20.3. The molecule has 0 aliphatic carbocycles. The van der Waals surface area contributed by atoms with Crippen LogP contribution < -0.4 is 5.32 Å². The molecule has 134 valence electrons. The molecule has 1 aliphatic heterocycles. The highest BCUT2D eigenvalue weighted by Gasteiger charge is 2.34. The van der Waals surface area contributed by atoms with Gasteiger partial charge in [0.15, 0.2) is 9.84 Å². The molecule has 1 fully saturated rings. The minimum Gasteiger partial charge on any atom is -0.344 e. The molecular weight excluding hydrogens is 354 g/mol. The number of benzene rings is 1. The van der Waals surface area contributed by atoms with Crippen LogP contribution in [-0.4, -0.2) is 25.8 Å². The molecule has 1 aliphatic rings. The molecular formula is C19H23NO3S2. The molecule has 1 amide bonds. The quantitative estimate of drug-likeness (QED) is 0.840. The van der Waals surface area contributed by atoms with E-state index in [9.17, 15) is 13.2 Å². The summed E-state index contributed by atoms with van der Waals surface area (Å²) in [7, 11) is -3.06. The zero-order valence-corrected chi connectivity index (χ0v) is 15.9. The van der Waals surface area contributed by atoms with Crippen LogP contribution in [0.25, 0.3) is 0 Å². The molecule has 0 bridgehead atoms. The Morgan fingerprint density at radius 2 is 2.04 bits per heavy atom. The lowest BCUT2D eigenvalue weighted by molar-refractivity contribution is -0.124. The van der Waals surface area contributed by atoms with Gasteiger partial charge in [-0.1, -0.05) is 43.7 Å². The summed E-state index contributed by atoms with van der Waals surface area (Å²) >= 11 is 1.59. The number of aryl methyl sites for hydroxylation is 1. The lowest BCUT2D eigenvalue weighted by atomic mass is 10.0. The minimum atomic E-state index is -3.06. The van der Waals surface area contributed by atoms with Gasteiger partial charge in [-0.15, -0.1) is 11.3 Å². The smallest absolute Gasteiger partial charge is 0.224 e. The van der Waals surface area contributed by atoms with E-state index in [2.05, 4.69) is 36.5 Å². The van der Waals surface area contributed by atoms with Gasteiger partial charge in [-0.05, 0) is 35.4 Å². The molecule has 0 spiro atoms. The van der Waals surface area contributed by atoms with Gasteiger partial charge in [0.2, 0.25) is 5.91 Å². The molecule has 2 aromatic rings. The Bertz CT molecular complexity index is 811. The van der Waals surface area contributed by atoms with Gasteiger partial charge >= 0.3 is 0 Å². The van der Waals surface area contributed by atoms with Crippen LogP contribution in [0, 0.1) is 5.92 Å². The third kappa shape index (κ3) is 4.50. The first-order valence-electron chi connectivity index (χ1n) is 8.61. The van der Waals surface area contributed by atoms with E-state index in [1.165, 1.54) is 5.56 Å². The lowest BCUT2D eigenvalue weighted by Gasteiger charge is -2.20. The van der Waals surface area contributed by atoms with Crippen molar-refractivity contribution in [2.45, 2.75) is 32.2 Å². The molecule has 1 aromatic carbocycles. The van der Waals surface area contributed by atoms with E-state index < -0.39 is 15.8 Å². The molecule has 0 saturated carbocycles. The maximum absolute atomic E-state index is 12.6. The Hall–Kier alpha value is -1.66. The number of rotatable bonds is 6. The highest BCUT2D eigenvalue weighted by molar-refractivity contribution is 7.91. The maximum atomic E-state index is 12.6. The van der Waals surface area contributed by atoms with Gasteiger partial charge in [0, 0.05) is 4.88 Å². The average molecular weight is 378 g/mol. The van der Waals surface area contributed by atoms with Crippen LogP contribution in [0.5, 0.6) is 0 Å². The van der Waals surface area contributed by atoms with Gasteiger partial charge < -0.3 is 5.32 Å². The van der Waals surface area contributed by atoms with Crippen molar-refractivity contribution < 1.29 is 13.2 Å². The summed E-state index contributed by atoms with van der Waals surface area (Å²) in [6.07, 6.45) is 2.55. The molecule has 2 heterocycles. The number of carbonyl (C=O) groups excluding carboxylic acids is 1. The Kier molecular flexibility index (Phi) is 5.59. The fourth-order valence-electron chi connectivity index (χ4n) is 3.20. The summed E-state index contributed by atoms with van der Waals surface area (Å²) in [5.41, 5.74) is 2.31. The molecule has 1 aromatic heterocycles. The largest absolute Gasteiger partial charge is 0.344 e. The topological polar surface area (TPSA) is 63.2 Å². The monoisotopic (exact) mass is 377 g/mol. The number of amides is 1. The van der Waals surface area contributed by atoms with Gasteiger partial charge in [0.1, 0.15) is 0 Å². The van der Waals surface area contributed by atoms with Gasteiger partial charge in [-0.3, -0.25) is 4.79 Å². The average Bonchev–Trinajstić information content (AvgIpc) is 3.23.